The van der Waals surface area contributed by atoms with Crippen LogP contribution in [0.4, 0.5) is 0 Å². The highest BCUT2D eigenvalue weighted by molar-refractivity contribution is 5.70. The second-order valence-electron chi connectivity index (χ2n) is 14.8. The number of carbonyl (C=O) groups is 2. The summed E-state index contributed by atoms with van der Waals surface area (Å²) in [5.41, 5.74) is 0. The molecular formula is C44H78O10. The molecule has 1 aliphatic rings. The van der Waals surface area contributed by atoms with Crippen LogP contribution in [0.15, 0.2) is 36.5 Å². The lowest BCUT2D eigenvalue weighted by Gasteiger charge is -2.39. The molecule has 0 spiro atoms. The molecular weight excluding hydrogens is 688 g/mol. The molecule has 0 aromatic rings. The van der Waals surface area contributed by atoms with E-state index in [9.17, 15) is 30.0 Å². The van der Waals surface area contributed by atoms with Crippen LogP contribution in [0.2, 0.25) is 0 Å². The van der Waals surface area contributed by atoms with Gasteiger partial charge < -0.3 is 39.4 Å². The minimum Gasteiger partial charge on any atom is -0.462 e. The first-order valence-corrected chi connectivity index (χ1v) is 21.6. The van der Waals surface area contributed by atoms with Crippen molar-refractivity contribution in [3.63, 3.8) is 0 Å². The topological polar surface area (TPSA) is 152 Å². The average Bonchev–Trinajstić information content (AvgIpc) is 3.17. The molecule has 6 atom stereocenters. The van der Waals surface area contributed by atoms with Crippen molar-refractivity contribution in [2.24, 2.45) is 0 Å². The van der Waals surface area contributed by atoms with E-state index in [1.165, 1.54) is 57.8 Å². The van der Waals surface area contributed by atoms with Gasteiger partial charge in [0.05, 0.1) is 13.2 Å². The smallest absolute Gasteiger partial charge is 0.306 e. The Morgan fingerprint density at radius 1 is 0.574 bits per heavy atom. The Morgan fingerprint density at radius 2 is 1.06 bits per heavy atom. The van der Waals surface area contributed by atoms with E-state index in [-0.39, 0.29) is 32.0 Å². The molecule has 0 radical (unpaired) electrons. The second-order valence-corrected chi connectivity index (χ2v) is 14.8. The van der Waals surface area contributed by atoms with Gasteiger partial charge in [-0.2, -0.15) is 0 Å². The Balaban J connectivity index is 2.37. The third-order valence-corrected chi connectivity index (χ3v) is 9.75. The molecule has 0 aliphatic carbocycles. The third kappa shape index (κ3) is 26.7. The van der Waals surface area contributed by atoms with Gasteiger partial charge in [-0.15, -0.1) is 0 Å². The van der Waals surface area contributed by atoms with Crippen molar-refractivity contribution in [2.45, 2.75) is 211 Å². The molecule has 314 valence electrons. The van der Waals surface area contributed by atoms with Crippen LogP contribution in [0.25, 0.3) is 0 Å². The molecule has 0 aromatic carbocycles. The van der Waals surface area contributed by atoms with Gasteiger partial charge in [-0.1, -0.05) is 134 Å². The Hall–Kier alpha value is -2.08. The van der Waals surface area contributed by atoms with Gasteiger partial charge in [-0.05, 0) is 64.2 Å². The fourth-order valence-corrected chi connectivity index (χ4v) is 6.26. The highest BCUT2D eigenvalue weighted by atomic mass is 16.7. The zero-order valence-corrected chi connectivity index (χ0v) is 34.0. The molecule has 1 rings (SSSR count). The van der Waals surface area contributed by atoms with Gasteiger partial charge in [0.15, 0.2) is 12.4 Å². The van der Waals surface area contributed by atoms with E-state index in [1.54, 1.807) is 0 Å². The summed E-state index contributed by atoms with van der Waals surface area (Å²) in [6.45, 7) is 3.34. The predicted octanol–water partition coefficient (Wildman–Crippen LogP) is 8.72. The molecule has 1 saturated heterocycles. The highest BCUT2D eigenvalue weighted by Gasteiger charge is 2.44. The Bertz CT molecular complexity index is 980. The van der Waals surface area contributed by atoms with Crippen molar-refractivity contribution >= 4 is 11.9 Å². The molecule has 0 amide bonds. The summed E-state index contributed by atoms with van der Waals surface area (Å²) in [6.07, 6.45) is 31.5. The maximum Gasteiger partial charge on any atom is 0.306 e. The van der Waals surface area contributed by atoms with E-state index in [2.05, 4.69) is 50.3 Å². The van der Waals surface area contributed by atoms with Crippen LogP contribution in [0.3, 0.4) is 0 Å². The number of esters is 2. The lowest BCUT2D eigenvalue weighted by Crippen LogP contribution is -2.59. The molecule has 0 bridgehead atoms. The largest absolute Gasteiger partial charge is 0.462 e. The molecule has 54 heavy (non-hydrogen) atoms. The molecule has 1 heterocycles. The van der Waals surface area contributed by atoms with Crippen LogP contribution in [-0.2, 0) is 28.5 Å². The maximum absolute atomic E-state index is 12.7. The first kappa shape index (κ1) is 49.9. The van der Waals surface area contributed by atoms with E-state index < -0.39 is 49.4 Å². The van der Waals surface area contributed by atoms with Crippen molar-refractivity contribution in [1.82, 2.24) is 0 Å². The first-order chi connectivity index (χ1) is 26.3. The van der Waals surface area contributed by atoms with Crippen LogP contribution in [0.5, 0.6) is 0 Å². The van der Waals surface area contributed by atoms with Crippen LogP contribution < -0.4 is 0 Å². The van der Waals surface area contributed by atoms with Gasteiger partial charge in [-0.3, -0.25) is 9.59 Å². The molecule has 4 N–H and O–H groups in total. The summed E-state index contributed by atoms with van der Waals surface area (Å²) in [7, 11) is 0. The highest BCUT2D eigenvalue weighted by Crippen LogP contribution is 2.22. The molecule has 1 aliphatic heterocycles. The summed E-state index contributed by atoms with van der Waals surface area (Å²) in [6, 6.07) is 0. The quantitative estimate of drug-likeness (QED) is 0.0280. The van der Waals surface area contributed by atoms with E-state index in [4.69, 9.17) is 18.9 Å². The zero-order valence-electron chi connectivity index (χ0n) is 34.0. The van der Waals surface area contributed by atoms with Gasteiger partial charge in [-0.25, -0.2) is 0 Å². The Labute approximate surface area is 327 Å². The average molecular weight is 767 g/mol. The first-order valence-electron chi connectivity index (χ1n) is 21.6. The van der Waals surface area contributed by atoms with Crippen molar-refractivity contribution in [1.29, 1.82) is 0 Å². The summed E-state index contributed by atoms with van der Waals surface area (Å²) in [5.74, 6) is -0.833. The summed E-state index contributed by atoms with van der Waals surface area (Å²) in [4.78, 5) is 25.3. The van der Waals surface area contributed by atoms with E-state index in [0.29, 0.717) is 12.8 Å². The SMILES string of the molecule is CCCC/C=C\C/C=C\CCCCCCCC(=O)OC(COC(=O)CCCCCCC/C=C\CCCCCCCC)COC1OC(CO)C(O)C(O)C1O. The van der Waals surface area contributed by atoms with Gasteiger partial charge in [0.25, 0.3) is 0 Å². The van der Waals surface area contributed by atoms with E-state index in [0.717, 1.165) is 77.0 Å². The van der Waals surface area contributed by atoms with Gasteiger partial charge in [0.2, 0.25) is 0 Å². The third-order valence-electron chi connectivity index (χ3n) is 9.75. The number of hydrogen-bond donors (Lipinski definition) is 4. The van der Waals surface area contributed by atoms with Gasteiger partial charge >= 0.3 is 11.9 Å². The number of allylic oxidation sites excluding steroid dienone is 6. The zero-order chi connectivity index (χ0) is 39.5. The number of aliphatic hydroxyl groups is 4. The molecule has 1 fully saturated rings. The van der Waals surface area contributed by atoms with Crippen LogP contribution in [0.1, 0.15) is 174 Å². The summed E-state index contributed by atoms with van der Waals surface area (Å²) >= 11 is 0. The lowest BCUT2D eigenvalue weighted by molar-refractivity contribution is -0.305. The number of carbonyl (C=O) groups excluding carboxylic acids is 2. The van der Waals surface area contributed by atoms with Crippen molar-refractivity contribution in [3.05, 3.63) is 36.5 Å². The van der Waals surface area contributed by atoms with Crippen molar-refractivity contribution < 1.29 is 49.0 Å². The maximum atomic E-state index is 12.7. The fraction of sp³-hybridized carbons (Fsp3) is 0.818. The monoisotopic (exact) mass is 767 g/mol. The normalized spacial score (nSPS) is 21.0. The number of rotatable bonds is 35. The summed E-state index contributed by atoms with van der Waals surface area (Å²) < 4.78 is 22.1. The van der Waals surface area contributed by atoms with E-state index in [1.807, 2.05) is 0 Å². The molecule has 0 aromatic heterocycles. The van der Waals surface area contributed by atoms with Crippen molar-refractivity contribution in [2.75, 3.05) is 19.8 Å². The minimum absolute atomic E-state index is 0.212. The molecule has 10 heteroatoms. The van der Waals surface area contributed by atoms with Crippen LogP contribution >= 0.6 is 0 Å². The molecule has 10 nitrogen and oxygen atoms in total. The number of hydrogen-bond acceptors (Lipinski definition) is 10. The minimum atomic E-state index is -1.60. The second kappa shape index (κ2) is 35.3. The Morgan fingerprint density at radius 3 is 1.61 bits per heavy atom. The fourth-order valence-electron chi connectivity index (χ4n) is 6.26. The predicted molar refractivity (Wildman–Crippen MR) is 215 cm³/mol. The molecule has 0 saturated carbocycles. The van der Waals surface area contributed by atoms with Crippen LogP contribution in [-0.4, -0.2) is 89.0 Å². The standard InChI is InChI=1S/C44H78O10/c1-3-5-7-9-11-13-15-17-19-21-22-24-26-28-30-32-39(46)51-35-37(36-52-44-43(50)42(49)41(48)38(34-45)54-44)53-40(47)33-31-29-27-25-23-20-18-16-14-12-10-8-6-4-2/h10,12,16-19,37-38,41-45,48-50H,3-9,11,13-15,20-36H2,1-2H3/b12-10-,18-16-,19-17-. The number of unbranched alkanes of at least 4 members (excludes halogenated alkanes) is 18. The summed E-state index contributed by atoms with van der Waals surface area (Å²) in [5, 5.41) is 40.0. The number of ether oxygens (including phenoxy) is 4. The van der Waals surface area contributed by atoms with Gasteiger partial charge in [0, 0.05) is 12.8 Å². The number of aliphatic hydroxyl groups excluding tert-OH is 4. The van der Waals surface area contributed by atoms with Crippen molar-refractivity contribution in [3.8, 4) is 0 Å². The van der Waals surface area contributed by atoms with E-state index >= 15 is 0 Å². The van der Waals surface area contributed by atoms with Crippen LogP contribution in [0, 0.1) is 0 Å². The van der Waals surface area contributed by atoms with Gasteiger partial charge in [0.1, 0.15) is 31.0 Å². The lowest BCUT2D eigenvalue weighted by atomic mass is 9.99. The molecule has 6 unspecified atom stereocenters. The Kier molecular flexibility index (Phi) is 32.7.